The fourth-order valence-electron chi connectivity index (χ4n) is 7.86. The molecule has 0 saturated carbocycles. The molecule has 0 spiro atoms. The van der Waals surface area contributed by atoms with Crippen LogP contribution < -0.4 is 0 Å². The smallest absolute Gasteiger partial charge is 0.0783 e. The van der Waals surface area contributed by atoms with E-state index in [2.05, 4.69) is 206 Å². The molecular weight excluding hydrogens is 759 g/mol. The lowest BCUT2D eigenvalue weighted by Crippen LogP contribution is -1.93. The Labute approximate surface area is 318 Å². The first-order valence-electron chi connectivity index (χ1n) is 17.8. The number of aromatic nitrogens is 4. The third-order valence-electron chi connectivity index (χ3n) is 10.2. The van der Waals surface area contributed by atoms with E-state index < -0.39 is 0 Å². The highest BCUT2D eigenvalue weighted by Gasteiger charge is 2.17. The van der Waals surface area contributed by atoms with E-state index in [1.807, 2.05) is 18.2 Å². The first kappa shape index (κ1) is 31.4. The minimum atomic E-state index is 1.18. The van der Waals surface area contributed by atoms with Gasteiger partial charge in [-0.2, -0.15) is 0 Å². The molecule has 252 valence electrons. The Morgan fingerprint density at radius 2 is 0.717 bits per heavy atom. The lowest BCUT2D eigenvalue weighted by molar-refractivity contribution is 1.18. The number of aromatic amines is 3. The summed E-state index contributed by atoms with van der Waals surface area (Å²) in [5.41, 5.74) is 10.8. The number of para-hydroxylation sites is 5. The Balaban J connectivity index is 0.000000114. The number of hydrogen-bond donors (Lipinski definition) is 3. The predicted octanol–water partition coefficient (Wildman–Crippen LogP) is 13.7. The number of fused-ring (bicyclic) bond motifs is 14. The summed E-state index contributed by atoms with van der Waals surface area (Å²) in [6.07, 6.45) is 0. The Kier molecular flexibility index (Phi) is 7.73. The van der Waals surface area contributed by atoms with E-state index >= 15 is 0 Å². The van der Waals surface area contributed by atoms with E-state index in [9.17, 15) is 0 Å². The van der Waals surface area contributed by atoms with Crippen molar-refractivity contribution in [3.05, 3.63) is 186 Å². The molecule has 0 aliphatic carbocycles. The molecule has 5 heteroatoms. The van der Waals surface area contributed by atoms with Crippen LogP contribution in [0.15, 0.2) is 182 Å². The zero-order valence-corrected chi connectivity index (χ0v) is 30.8. The van der Waals surface area contributed by atoms with Crippen LogP contribution in [0.4, 0.5) is 0 Å². The van der Waals surface area contributed by atoms with Crippen molar-refractivity contribution in [1.29, 1.82) is 0 Å². The van der Waals surface area contributed by atoms with Gasteiger partial charge in [0.1, 0.15) is 0 Å². The molecule has 0 amide bonds. The van der Waals surface area contributed by atoms with Crippen LogP contribution in [0, 0.1) is 3.57 Å². The summed E-state index contributed by atoms with van der Waals surface area (Å²) < 4.78 is 3.67. The number of hydrogen-bond acceptors (Lipinski definition) is 0. The second-order valence-electron chi connectivity index (χ2n) is 13.3. The fourth-order valence-corrected chi connectivity index (χ4v) is 8.28. The molecule has 12 rings (SSSR count). The summed E-state index contributed by atoms with van der Waals surface area (Å²) in [6, 6.07) is 63.9. The molecule has 8 aromatic carbocycles. The van der Waals surface area contributed by atoms with Crippen LogP contribution in [-0.2, 0) is 0 Å². The zero-order chi connectivity index (χ0) is 35.3. The van der Waals surface area contributed by atoms with Crippen molar-refractivity contribution >= 4 is 110 Å². The first-order chi connectivity index (χ1) is 26.2. The van der Waals surface area contributed by atoms with Gasteiger partial charge in [0.15, 0.2) is 0 Å². The molecule has 0 unspecified atom stereocenters. The fraction of sp³-hybridized carbons (Fsp3) is 0. The van der Waals surface area contributed by atoms with E-state index in [-0.39, 0.29) is 0 Å². The van der Waals surface area contributed by atoms with Crippen molar-refractivity contribution in [2.24, 2.45) is 0 Å². The van der Waals surface area contributed by atoms with Gasteiger partial charge in [0, 0.05) is 68.9 Å². The maximum absolute atomic E-state index is 3.67. The monoisotopic (exact) mass is 792 g/mol. The zero-order valence-electron chi connectivity index (χ0n) is 28.6. The summed E-state index contributed by atoms with van der Waals surface area (Å²) in [5.74, 6) is 0. The van der Waals surface area contributed by atoms with Crippen molar-refractivity contribution in [3.63, 3.8) is 0 Å². The van der Waals surface area contributed by atoms with Gasteiger partial charge in [-0.3, -0.25) is 0 Å². The lowest BCUT2D eigenvalue weighted by atomic mass is 10.1. The van der Waals surface area contributed by atoms with Crippen LogP contribution in [0.3, 0.4) is 0 Å². The number of nitrogens with zero attached hydrogens (tertiary/aromatic N) is 1. The topological polar surface area (TPSA) is 52.3 Å². The van der Waals surface area contributed by atoms with E-state index in [0.717, 1.165) is 0 Å². The van der Waals surface area contributed by atoms with Crippen LogP contribution in [0.2, 0.25) is 0 Å². The van der Waals surface area contributed by atoms with Crippen LogP contribution in [0.25, 0.3) is 92.9 Å². The van der Waals surface area contributed by atoms with Gasteiger partial charge >= 0.3 is 0 Å². The lowest BCUT2D eigenvalue weighted by Gasteiger charge is -2.08. The van der Waals surface area contributed by atoms with Gasteiger partial charge in [0.05, 0.1) is 27.6 Å². The van der Waals surface area contributed by atoms with Gasteiger partial charge in [0.25, 0.3) is 0 Å². The molecule has 0 aliphatic rings. The second-order valence-corrected chi connectivity index (χ2v) is 14.5. The number of benzene rings is 8. The quantitative estimate of drug-likeness (QED) is 0.139. The predicted molar refractivity (Wildman–Crippen MR) is 234 cm³/mol. The third-order valence-corrected chi connectivity index (χ3v) is 10.9. The van der Waals surface area contributed by atoms with Crippen LogP contribution in [-0.4, -0.2) is 19.5 Å². The van der Waals surface area contributed by atoms with Gasteiger partial charge in [-0.15, -0.1) is 0 Å². The van der Waals surface area contributed by atoms with E-state index in [4.69, 9.17) is 0 Å². The molecule has 0 atom stereocenters. The summed E-state index contributed by atoms with van der Waals surface area (Å²) >= 11 is 2.28. The molecule has 4 nitrogen and oxygen atoms in total. The molecule has 4 aromatic heterocycles. The summed E-state index contributed by atoms with van der Waals surface area (Å²) in [6.45, 7) is 0. The van der Waals surface area contributed by atoms with Gasteiger partial charge in [-0.1, -0.05) is 133 Å². The molecular formula is C48H33IN4. The maximum Gasteiger partial charge on any atom is 0.0783 e. The van der Waals surface area contributed by atoms with Crippen molar-refractivity contribution < 1.29 is 0 Å². The number of H-pyrrole nitrogens is 3. The van der Waals surface area contributed by atoms with Crippen LogP contribution >= 0.6 is 22.6 Å². The number of halogens is 1. The average Bonchev–Trinajstić information content (AvgIpc) is 3.98. The molecule has 0 aliphatic heterocycles. The number of rotatable bonds is 1. The maximum atomic E-state index is 3.67. The van der Waals surface area contributed by atoms with Crippen molar-refractivity contribution in [1.82, 2.24) is 19.5 Å². The number of nitrogens with one attached hydrogen (secondary N) is 3. The van der Waals surface area contributed by atoms with E-state index in [0.29, 0.717) is 0 Å². The molecule has 4 heterocycles. The molecule has 0 fully saturated rings. The van der Waals surface area contributed by atoms with Crippen molar-refractivity contribution in [2.75, 3.05) is 0 Å². The van der Waals surface area contributed by atoms with Gasteiger partial charge in [-0.25, -0.2) is 0 Å². The Morgan fingerprint density at radius 1 is 0.321 bits per heavy atom. The molecule has 0 saturated heterocycles. The highest BCUT2D eigenvalue weighted by molar-refractivity contribution is 14.1. The summed E-state index contributed by atoms with van der Waals surface area (Å²) in [4.78, 5) is 10.8. The SMILES string of the molecule is Ic1ccccc1.c1ccc(-n2c3ccccc3c3ccc4c5ccccc5[nH]c4c32)cc1.c1ccc2c(c1)[nH]c1c2ccc2c3ccccc3[nH]c21. The molecule has 53 heavy (non-hydrogen) atoms. The Morgan fingerprint density at radius 3 is 1.23 bits per heavy atom. The van der Waals surface area contributed by atoms with Gasteiger partial charge in [-0.05, 0) is 71.1 Å². The molecule has 3 N–H and O–H groups in total. The average molecular weight is 793 g/mol. The van der Waals surface area contributed by atoms with Crippen LogP contribution in [0.1, 0.15) is 0 Å². The largest absolute Gasteiger partial charge is 0.353 e. The van der Waals surface area contributed by atoms with Gasteiger partial charge < -0.3 is 19.5 Å². The second kappa shape index (κ2) is 13.0. The summed E-state index contributed by atoms with van der Waals surface area (Å²) in [5, 5.41) is 10.2. The summed E-state index contributed by atoms with van der Waals surface area (Å²) in [7, 11) is 0. The first-order valence-corrected chi connectivity index (χ1v) is 18.9. The Bertz CT molecular complexity index is 3150. The standard InChI is InChI=1S/C24H16N2.C18H12N2.C6H5I/c1-2-8-16(9-3-1)26-22-13-7-5-11-18(22)20-15-14-19-17-10-4-6-12-21(17)25-23(19)24(20)26;1-3-7-15-11(5-1)13-9-10-14-12-6-2-4-8-16(12)20-18(14)17(13)19-15;7-6-4-2-1-3-5-6/h1-15,25H;1-10,19-20H;1-5H. The Hall–Kier alpha value is -6.31. The van der Waals surface area contributed by atoms with Crippen molar-refractivity contribution in [2.45, 2.75) is 0 Å². The minimum Gasteiger partial charge on any atom is -0.353 e. The third kappa shape index (κ3) is 5.35. The minimum absolute atomic E-state index is 1.18. The van der Waals surface area contributed by atoms with Crippen LogP contribution in [0.5, 0.6) is 0 Å². The highest BCUT2D eigenvalue weighted by Crippen LogP contribution is 2.39. The molecule has 0 bridgehead atoms. The highest BCUT2D eigenvalue weighted by atomic mass is 127. The van der Waals surface area contributed by atoms with E-state index in [1.165, 1.54) is 96.5 Å². The van der Waals surface area contributed by atoms with Crippen molar-refractivity contribution in [3.8, 4) is 5.69 Å². The molecule has 0 radical (unpaired) electrons. The van der Waals surface area contributed by atoms with E-state index in [1.54, 1.807) is 0 Å². The van der Waals surface area contributed by atoms with Gasteiger partial charge in [0.2, 0.25) is 0 Å². The molecule has 12 aromatic rings. The normalized spacial score (nSPS) is 11.5.